The highest BCUT2D eigenvalue weighted by Gasteiger charge is 2.01. The first kappa shape index (κ1) is 17.5. The summed E-state index contributed by atoms with van der Waals surface area (Å²) in [6.07, 6.45) is 11.3. The minimum atomic E-state index is 1.06. The van der Waals surface area contributed by atoms with E-state index < -0.39 is 0 Å². The van der Waals surface area contributed by atoms with Gasteiger partial charge < -0.3 is 4.90 Å². The van der Waals surface area contributed by atoms with Crippen molar-refractivity contribution in [3.8, 4) is 11.8 Å². The SMILES string of the molecule is CCCCCC#CCCN(CCCC)CCCC. The number of unbranched alkanes of at least 4 members (excludes halogenated alkanes) is 5. The molecule has 0 heterocycles. The Bertz CT molecular complexity index is 203. The van der Waals surface area contributed by atoms with E-state index in [2.05, 4.69) is 37.5 Å². The van der Waals surface area contributed by atoms with E-state index in [9.17, 15) is 0 Å². The molecule has 0 aromatic heterocycles. The maximum atomic E-state index is 3.34. The van der Waals surface area contributed by atoms with Gasteiger partial charge in [-0.2, -0.15) is 0 Å². The number of rotatable bonds is 11. The molecule has 0 amide bonds. The number of hydrogen-bond donors (Lipinski definition) is 0. The van der Waals surface area contributed by atoms with E-state index in [1.54, 1.807) is 0 Å². The minimum Gasteiger partial charge on any atom is -0.302 e. The predicted octanol–water partition coefficient (Wildman–Crippen LogP) is 4.86. The van der Waals surface area contributed by atoms with Gasteiger partial charge in [-0.05, 0) is 32.4 Å². The van der Waals surface area contributed by atoms with Gasteiger partial charge in [0.1, 0.15) is 0 Å². The molecule has 1 nitrogen and oxygen atoms in total. The Morgan fingerprint density at radius 1 is 0.611 bits per heavy atom. The third-order valence-electron chi connectivity index (χ3n) is 3.24. The van der Waals surface area contributed by atoms with Gasteiger partial charge in [0.05, 0.1) is 0 Å². The van der Waals surface area contributed by atoms with Crippen LogP contribution in [0.4, 0.5) is 0 Å². The van der Waals surface area contributed by atoms with E-state index in [4.69, 9.17) is 0 Å². The van der Waals surface area contributed by atoms with Gasteiger partial charge in [-0.3, -0.25) is 0 Å². The fourth-order valence-electron chi connectivity index (χ4n) is 1.95. The second-order valence-corrected chi connectivity index (χ2v) is 5.11. The molecule has 1 heteroatoms. The van der Waals surface area contributed by atoms with Crippen LogP contribution < -0.4 is 0 Å². The van der Waals surface area contributed by atoms with E-state index >= 15 is 0 Å². The molecule has 0 radical (unpaired) electrons. The van der Waals surface area contributed by atoms with Crippen LogP contribution in [-0.2, 0) is 0 Å². The molecule has 0 aliphatic rings. The summed E-state index contributed by atoms with van der Waals surface area (Å²) in [5, 5.41) is 0. The zero-order valence-corrected chi connectivity index (χ0v) is 12.9. The summed E-state index contributed by atoms with van der Waals surface area (Å²) in [6, 6.07) is 0. The third-order valence-corrected chi connectivity index (χ3v) is 3.24. The molecule has 0 aliphatic carbocycles. The maximum Gasteiger partial charge on any atom is 0.0217 e. The third kappa shape index (κ3) is 12.0. The summed E-state index contributed by atoms with van der Waals surface area (Å²) in [5.74, 6) is 6.65. The first-order valence-corrected chi connectivity index (χ1v) is 8.03. The Labute approximate surface area is 115 Å². The highest BCUT2D eigenvalue weighted by atomic mass is 15.1. The lowest BCUT2D eigenvalue weighted by Crippen LogP contribution is -2.26. The van der Waals surface area contributed by atoms with Crippen molar-refractivity contribution in [1.29, 1.82) is 0 Å². The Morgan fingerprint density at radius 2 is 1.17 bits per heavy atom. The van der Waals surface area contributed by atoms with Crippen LogP contribution in [0, 0.1) is 11.8 Å². The van der Waals surface area contributed by atoms with Crippen LogP contribution in [0.5, 0.6) is 0 Å². The van der Waals surface area contributed by atoms with Gasteiger partial charge in [-0.25, -0.2) is 0 Å². The summed E-state index contributed by atoms with van der Waals surface area (Å²) in [6.45, 7) is 10.5. The quantitative estimate of drug-likeness (QED) is 0.374. The molecule has 0 saturated carbocycles. The fourth-order valence-corrected chi connectivity index (χ4v) is 1.95. The fraction of sp³-hybridized carbons (Fsp3) is 0.882. The zero-order valence-electron chi connectivity index (χ0n) is 12.9. The monoisotopic (exact) mass is 251 g/mol. The van der Waals surface area contributed by atoms with Crippen LogP contribution in [0.25, 0.3) is 0 Å². The highest BCUT2D eigenvalue weighted by Crippen LogP contribution is 2.01. The molecule has 106 valence electrons. The molecule has 18 heavy (non-hydrogen) atoms. The van der Waals surface area contributed by atoms with Crippen molar-refractivity contribution in [2.75, 3.05) is 19.6 Å². The average molecular weight is 251 g/mol. The second-order valence-electron chi connectivity index (χ2n) is 5.11. The Morgan fingerprint density at radius 3 is 1.72 bits per heavy atom. The van der Waals surface area contributed by atoms with Crippen LogP contribution in [-0.4, -0.2) is 24.5 Å². The zero-order chi connectivity index (χ0) is 13.5. The molecular weight excluding hydrogens is 218 g/mol. The lowest BCUT2D eigenvalue weighted by Gasteiger charge is -2.20. The van der Waals surface area contributed by atoms with E-state index in [0.717, 1.165) is 12.8 Å². The van der Waals surface area contributed by atoms with Gasteiger partial charge in [0.25, 0.3) is 0 Å². The van der Waals surface area contributed by atoms with Crippen molar-refractivity contribution >= 4 is 0 Å². The average Bonchev–Trinajstić information content (AvgIpc) is 2.40. The second kappa shape index (κ2) is 14.6. The molecular formula is C17H33N. The first-order chi connectivity index (χ1) is 8.85. The molecule has 0 bridgehead atoms. The van der Waals surface area contributed by atoms with Gasteiger partial charge in [-0.15, -0.1) is 11.8 Å². The van der Waals surface area contributed by atoms with E-state index in [1.165, 1.54) is 64.6 Å². The molecule has 0 rings (SSSR count). The van der Waals surface area contributed by atoms with Crippen molar-refractivity contribution in [2.24, 2.45) is 0 Å². The van der Waals surface area contributed by atoms with E-state index in [-0.39, 0.29) is 0 Å². The number of nitrogens with zero attached hydrogens (tertiary/aromatic N) is 1. The van der Waals surface area contributed by atoms with E-state index in [0.29, 0.717) is 0 Å². The summed E-state index contributed by atoms with van der Waals surface area (Å²) in [4.78, 5) is 2.59. The van der Waals surface area contributed by atoms with E-state index in [1.807, 2.05) is 0 Å². The smallest absolute Gasteiger partial charge is 0.0217 e. The summed E-state index contributed by atoms with van der Waals surface area (Å²) < 4.78 is 0. The highest BCUT2D eigenvalue weighted by molar-refractivity contribution is 4.99. The summed E-state index contributed by atoms with van der Waals surface area (Å²) in [7, 11) is 0. The van der Waals surface area contributed by atoms with Gasteiger partial charge in [-0.1, -0.05) is 46.5 Å². The van der Waals surface area contributed by atoms with Crippen molar-refractivity contribution in [3.05, 3.63) is 0 Å². The largest absolute Gasteiger partial charge is 0.302 e. The minimum absolute atomic E-state index is 1.06. The lowest BCUT2D eigenvalue weighted by molar-refractivity contribution is 0.271. The van der Waals surface area contributed by atoms with Gasteiger partial charge in [0.15, 0.2) is 0 Å². The van der Waals surface area contributed by atoms with Crippen LogP contribution >= 0.6 is 0 Å². The van der Waals surface area contributed by atoms with Crippen LogP contribution in [0.2, 0.25) is 0 Å². The maximum absolute atomic E-state index is 3.34. The molecule has 0 aromatic rings. The molecule has 0 fully saturated rings. The van der Waals surface area contributed by atoms with Crippen molar-refractivity contribution in [1.82, 2.24) is 4.90 Å². The van der Waals surface area contributed by atoms with Gasteiger partial charge in [0, 0.05) is 19.4 Å². The molecule has 0 spiro atoms. The molecule has 0 unspecified atom stereocenters. The van der Waals surface area contributed by atoms with Crippen LogP contribution in [0.15, 0.2) is 0 Å². The standard InChI is InChI=1S/C17H33N/c1-4-7-10-11-12-13-14-17-18(15-8-5-2)16-9-6-3/h4-11,14-17H2,1-3H3. The van der Waals surface area contributed by atoms with Crippen LogP contribution in [0.3, 0.4) is 0 Å². The summed E-state index contributed by atoms with van der Waals surface area (Å²) in [5.41, 5.74) is 0. The van der Waals surface area contributed by atoms with Gasteiger partial charge >= 0.3 is 0 Å². The first-order valence-electron chi connectivity index (χ1n) is 8.03. The Kier molecular flexibility index (Phi) is 14.2. The van der Waals surface area contributed by atoms with Crippen molar-refractivity contribution in [2.45, 2.75) is 78.6 Å². The Hall–Kier alpha value is -0.480. The van der Waals surface area contributed by atoms with Crippen molar-refractivity contribution in [3.63, 3.8) is 0 Å². The molecule has 0 saturated heterocycles. The normalized spacial score (nSPS) is 10.4. The molecule has 0 atom stereocenters. The summed E-state index contributed by atoms with van der Waals surface area (Å²) >= 11 is 0. The van der Waals surface area contributed by atoms with Crippen LogP contribution in [0.1, 0.15) is 78.6 Å². The molecule has 0 aliphatic heterocycles. The topological polar surface area (TPSA) is 3.24 Å². The number of hydrogen-bond acceptors (Lipinski definition) is 1. The molecule has 0 aromatic carbocycles. The van der Waals surface area contributed by atoms with Gasteiger partial charge in [0.2, 0.25) is 0 Å². The lowest BCUT2D eigenvalue weighted by atomic mass is 10.2. The van der Waals surface area contributed by atoms with Crippen molar-refractivity contribution < 1.29 is 0 Å². The predicted molar refractivity (Wildman–Crippen MR) is 82.8 cm³/mol. The Balaban J connectivity index is 3.65. The molecule has 0 N–H and O–H groups in total.